The Hall–Kier alpha value is -1.15. The van der Waals surface area contributed by atoms with Gasteiger partial charge in [0.1, 0.15) is 6.29 Å². The Morgan fingerprint density at radius 2 is 2.27 bits per heavy atom. The van der Waals surface area contributed by atoms with Crippen molar-refractivity contribution in [3.8, 4) is 0 Å². The molecule has 0 heterocycles. The number of benzene rings is 1. The summed E-state index contributed by atoms with van der Waals surface area (Å²) >= 11 is 0. The summed E-state index contributed by atoms with van der Waals surface area (Å²) in [5.74, 6) is 0.482. The molecule has 0 radical (unpaired) electrons. The average Bonchev–Trinajstić information content (AvgIpc) is 2.29. The van der Waals surface area contributed by atoms with Crippen LogP contribution in [0.25, 0.3) is 0 Å². The van der Waals surface area contributed by atoms with Gasteiger partial charge in [-0.25, -0.2) is 0 Å². The Morgan fingerprint density at radius 3 is 3.07 bits per heavy atom. The molecule has 1 aliphatic rings. The van der Waals surface area contributed by atoms with Crippen LogP contribution in [0.15, 0.2) is 24.3 Å². The molecule has 1 aromatic rings. The summed E-state index contributed by atoms with van der Waals surface area (Å²) in [7, 11) is 0. The summed E-state index contributed by atoms with van der Waals surface area (Å²) in [6, 6.07) is 8.22. The zero-order valence-corrected chi connectivity index (χ0v) is 8.86. The van der Waals surface area contributed by atoms with Gasteiger partial charge in [0.15, 0.2) is 0 Å². The number of hydrogen-bond acceptors (Lipinski definition) is 2. The molecule has 2 N–H and O–H groups in total. The number of hydrogen-bond donors (Lipinski definition) is 1. The first-order valence-electron chi connectivity index (χ1n) is 5.60. The van der Waals surface area contributed by atoms with E-state index in [0.717, 1.165) is 12.7 Å². The highest BCUT2D eigenvalue weighted by atomic mass is 16.1. The number of fused-ring (bicyclic) bond motifs is 1. The molecule has 2 rings (SSSR count). The van der Waals surface area contributed by atoms with E-state index in [0.29, 0.717) is 5.92 Å². The smallest absolute Gasteiger partial charge is 0.136 e. The van der Waals surface area contributed by atoms with Crippen LogP contribution in [0.2, 0.25) is 0 Å². The molecule has 0 bridgehead atoms. The van der Waals surface area contributed by atoms with Crippen LogP contribution in [0.4, 0.5) is 0 Å². The van der Waals surface area contributed by atoms with Crippen LogP contribution in [0.1, 0.15) is 36.3 Å². The molecule has 0 aliphatic heterocycles. The quantitative estimate of drug-likeness (QED) is 0.764. The summed E-state index contributed by atoms with van der Waals surface area (Å²) in [5, 5.41) is 0. The van der Waals surface area contributed by atoms with Gasteiger partial charge >= 0.3 is 0 Å². The Balaban J connectivity index is 2.18. The van der Waals surface area contributed by atoms with Crippen molar-refractivity contribution in [2.45, 2.75) is 37.6 Å². The van der Waals surface area contributed by atoms with Crippen LogP contribution in [-0.2, 0) is 11.2 Å². The largest absolute Gasteiger partial charge is 0.322 e. The van der Waals surface area contributed by atoms with Crippen molar-refractivity contribution >= 4 is 6.29 Å². The second kappa shape index (κ2) is 4.58. The standard InChI is InChI=1S/C13H17NO/c14-12(9-15)8-11-6-3-5-10-4-1-2-7-13(10)11/h1-2,4,7,9,11-12H,3,5-6,8,14H2/t11-,12?/m1/s1. The topological polar surface area (TPSA) is 43.1 Å². The minimum Gasteiger partial charge on any atom is -0.322 e. The monoisotopic (exact) mass is 203 g/mol. The van der Waals surface area contributed by atoms with E-state index >= 15 is 0 Å². The summed E-state index contributed by atoms with van der Waals surface area (Å²) < 4.78 is 0. The molecule has 0 amide bonds. The molecule has 2 atom stereocenters. The van der Waals surface area contributed by atoms with Gasteiger partial charge in [0, 0.05) is 0 Å². The van der Waals surface area contributed by atoms with Crippen molar-refractivity contribution in [2.24, 2.45) is 5.73 Å². The zero-order valence-electron chi connectivity index (χ0n) is 8.86. The zero-order chi connectivity index (χ0) is 10.7. The van der Waals surface area contributed by atoms with Crippen molar-refractivity contribution in [3.05, 3.63) is 35.4 Å². The van der Waals surface area contributed by atoms with Crippen LogP contribution in [0.5, 0.6) is 0 Å². The molecule has 0 spiro atoms. The summed E-state index contributed by atoms with van der Waals surface area (Å²) in [5.41, 5.74) is 8.53. The van der Waals surface area contributed by atoms with E-state index in [-0.39, 0.29) is 6.04 Å². The highest BCUT2D eigenvalue weighted by Gasteiger charge is 2.21. The fourth-order valence-electron chi connectivity index (χ4n) is 2.48. The molecule has 0 saturated heterocycles. The average molecular weight is 203 g/mol. The van der Waals surface area contributed by atoms with Crippen molar-refractivity contribution in [3.63, 3.8) is 0 Å². The summed E-state index contributed by atoms with van der Waals surface area (Å²) in [6.45, 7) is 0. The van der Waals surface area contributed by atoms with Gasteiger partial charge in [0.25, 0.3) is 0 Å². The fourth-order valence-corrected chi connectivity index (χ4v) is 2.48. The fraction of sp³-hybridized carbons (Fsp3) is 0.462. The van der Waals surface area contributed by atoms with E-state index in [1.165, 1.54) is 30.4 Å². The van der Waals surface area contributed by atoms with E-state index in [1.807, 2.05) is 0 Å². The first-order chi connectivity index (χ1) is 7.31. The molecule has 0 saturated carbocycles. The Labute approximate surface area is 90.5 Å². The molecule has 80 valence electrons. The number of carbonyl (C=O) groups excluding carboxylic acids is 1. The van der Waals surface area contributed by atoms with Gasteiger partial charge in [-0.3, -0.25) is 0 Å². The molecule has 15 heavy (non-hydrogen) atoms. The van der Waals surface area contributed by atoms with E-state index in [1.54, 1.807) is 0 Å². The molecule has 0 fully saturated rings. The Bertz CT molecular complexity index is 348. The molecular weight excluding hydrogens is 186 g/mol. The lowest BCUT2D eigenvalue weighted by molar-refractivity contribution is -0.109. The van der Waals surface area contributed by atoms with E-state index in [4.69, 9.17) is 5.73 Å². The lowest BCUT2D eigenvalue weighted by atomic mass is 9.80. The predicted octanol–water partition coefficient (Wildman–Crippen LogP) is 2.02. The summed E-state index contributed by atoms with van der Waals surface area (Å²) in [6.07, 6.45) is 5.20. The number of aryl methyl sites for hydroxylation is 1. The maximum absolute atomic E-state index is 10.6. The highest BCUT2D eigenvalue weighted by molar-refractivity contribution is 5.57. The first-order valence-corrected chi connectivity index (χ1v) is 5.60. The predicted molar refractivity (Wildman–Crippen MR) is 60.8 cm³/mol. The van der Waals surface area contributed by atoms with Crippen molar-refractivity contribution < 1.29 is 4.79 Å². The number of aldehydes is 1. The second-order valence-electron chi connectivity index (χ2n) is 4.32. The Morgan fingerprint density at radius 1 is 1.47 bits per heavy atom. The molecule has 1 aliphatic carbocycles. The normalized spacial score (nSPS) is 21.8. The van der Waals surface area contributed by atoms with Crippen molar-refractivity contribution in [1.29, 1.82) is 0 Å². The third kappa shape index (κ3) is 2.26. The maximum Gasteiger partial charge on any atom is 0.136 e. The highest BCUT2D eigenvalue weighted by Crippen LogP contribution is 2.33. The molecule has 1 unspecified atom stereocenters. The van der Waals surface area contributed by atoms with Crippen LogP contribution < -0.4 is 5.73 Å². The maximum atomic E-state index is 10.6. The van der Waals surface area contributed by atoms with Gasteiger partial charge in [0.2, 0.25) is 0 Å². The number of nitrogens with two attached hydrogens (primary N) is 1. The minimum absolute atomic E-state index is 0.304. The third-order valence-electron chi connectivity index (χ3n) is 3.23. The van der Waals surface area contributed by atoms with Gasteiger partial charge in [-0.1, -0.05) is 24.3 Å². The number of rotatable bonds is 3. The molecule has 2 heteroatoms. The van der Waals surface area contributed by atoms with Crippen LogP contribution >= 0.6 is 0 Å². The van der Waals surface area contributed by atoms with E-state index in [9.17, 15) is 4.79 Å². The third-order valence-corrected chi connectivity index (χ3v) is 3.23. The number of carbonyl (C=O) groups is 1. The second-order valence-corrected chi connectivity index (χ2v) is 4.32. The van der Waals surface area contributed by atoms with Crippen molar-refractivity contribution in [2.75, 3.05) is 0 Å². The molecule has 1 aromatic carbocycles. The van der Waals surface area contributed by atoms with Crippen LogP contribution in [0, 0.1) is 0 Å². The van der Waals surface area contributed by atoms with E-state index in [2.05, 4.69) is 24.3 Å². The molecule has 2 nitrogen and oxygen atoms in total. The molecule has 0 aromatic heterocycles. The van der Waals surface area contributed by atoms with E-state index < -0.39 is 0 Å². The van der Waals surface area contributed by atoms with Crippen molar-refractivity contribution in [1.82, 2.24) is 0 Å². The van der Waals surface area contributed by atoms with Gasteiger partial charge < -0.3 is 10.5 Å². The summed E-state index contributed by atoms with van der Waals surface area (Å²) in [4.78, 5) is 10.6. The van der Waals surface area contributed by atoms with Crippen LogP contribution in [0.3, 0.4) is 0 Å². The molecular formula is C13H17NO. The lowest BCUT2D eigenvalue weighted by Gasteiger charge is -2.26. The van der Waals surface area contributed by atoms with Gasteiger partial charge in [-0.15, -0.1) is 0 Å². The minimum atomic E-state index is -0.304. The van der Waals surface area contributed by atoms with Gasteiger partial charge in [0.05, 0.1) is 6.04 Å². The first kappa shape index (κ1) is 10.4. The SMILES string of the molecule is NC(C=O)C[C@H]1CCCc2ccccc21. The van der Waals surface area contributed by atoms with Crippen LogP contribution in [-0.4, -0.2) is 12.3 Å². The Kier molecular flexibility index (Phi) is 3.17. The van der Waals surface area contributed by atoms with Gasteiger partial charge in [-0.2, -0.15) is 0 Å². The van der Waals surface area contributed by atoms with Gasteiger partial charge in [-0.05, 0) is 42.7 Å². The lowest BCUT2D eigenvalue weighted by Crippen LogP contribution is -2.25.